The Balaban J connectivity index is 1.51. The molecule has 6 heteroatoms. The van der Waals surface area contributed by atoms with Gasteiger partial charge in [-0.15, -0.1) is 0 Å². The van der Waals surface area contributed by atoms with Crippen molar-refractivity contribution in [3.05, 3.63) is 113 Å². The Hall–Kier alpha value is -3.57. The van der Waals surface area contributed by atoms with E-state index in [4.69, 9.17) is 16.6 Å². The summed E-state index contributed by atoms with van der Waals surface area (Å²) in [6.07, 6.45) is -4.34. The van der Waals surface area contributed by atoms with Gasteiger partial charge in [-0.25, -0.2) is 4.98 Å². The minimum Gasteiger partial charge on any atom is -0.319 e. The second kappa shape index (κ2) is 8.41. The third kappa shape index (κ3) is 4.37. The highest BCUT2D eigenvalue weighted by molar-refractivity contribution is 6.30. The van der Waals surface area contributed by atoms with Crippen LogP contribution < -0.4 is 0 Å². The van der Waals surface area contributed by atoms with Crippen molar-refractivity contribution >= 4 is 22.6 Å². The van der Waals surface area contributed by atoms with Crippen molar-refractivity contribution in [3.8, 4) is 22.5 Å². The van der Waals surface area contributed by atoms with E-state index in [0.29, 0.717) is 11.6 Å². The number of rotatable bonds is 4. The molecule has 33 heavy (non-hydrogen) atoms. The average molecular weight is 463 g/mol. The van der Waals surface area contributed by atoms with Gasteiger partial charge in [0.25, 0.3) is 0 Å². The summed E-state index contributed by atoms with van der Waals surface area (Å²) in [5.41, 5.74) is 4.86. The Bertz CT molecular complexity index is 1400. The lowest BCUT2D eigenvalue weighted by Gasteiger charge is -2.11. The van der Waals surface area contributed by atoms with Gasteiger partial charge in [-0.05, 0) is 53.1 Å². The zero-order valence-electron chi connectivity index (χ0n) is 17.4. The van der Waals surface area contributed by atoms with Gasteiger partial charge >= 0.3 is 6.18 Å². The SMILES string of the molecule is FC(F)(F)c1ccc(-c2ccc(-c3nc4ccccc4n3Cc3ccc(Cl)cc3)cc2)cc1. The molecule has 0 bridgehead atoms. The molecule has 0 N–H and O–H groups in total. The van der Waals surface area contributed by atoms with Gasteiger partial charge in [-0.1, -0.05) is 72.3 Å². The van der Waals surface area contributed by atoms with Gasteiger partial charge in [0.05, 0.1) is 16.6 Å². The molecule has 1 heterocycles. The van der Waals surface area contributed by atoms with Crippen molar-refractivity contribution in [2.45, 2.75) is 12.7 Å². The minimum atomic E-state index is -4.34. The molecule has 5 aromatic rings. The lowest BCUT2D eigenvalue weighted by atomic mass is 10.0. The number of fused-ring (bicyclic) bond motifs is 1. The van der Waals surface area contributed by atoms with E-state index in [1.807, 2.05) is 72.8 Å². The molecule has 0 unspecified atom stereocenters. The van der Waals surface area contributed by atoms with Crippen LogP contribution in [0.2, 0.25) is 5.02 Å². The van der Waals surface area contributed by atoms with Crippen LogP contribution in [0.1, 0.15) is 11.1 Å². The predicted molar refractivity (Wildman–Crippen MR) is 126 cm³/mol. The lowest BCUT2D eigenvalue weighted by molar-refractivity contribution is -0.137. The van der Waals surface area contributed by atoms with E-state index in [1.54, 1.807) is 0 Å². The number of halogens is 4. The van der Waals surface area contributed by atoms with E-state index in [1.165, 1.54) is 12.1 Å². The molecule has 0 aliphatic rings. The summed E-state index contributed by atoms with van der Waals surface area (Å²) in [7, 11) is 0. The molecule has 0 saturated heterocycles. The maximum absolute atomic E-state index is 12.8. The summed E-state index contributed by atoms with van der Waals surface area (Å²) in [6.45, 7) is 0.633. The van der Waals surface area contributed by atoms with E-state index in [-0.39, 0.29) is 0 Å². The smallest absolute Gasteiger partial charge is 0.319 e. The van der Waals surface area contributed by atoms with Crippen molar-refractivity contribution < 1.29 is 13.2 Å². The fourth-order valence-corrected chi connectivity index (χ4v) is 4.02. The molecule has 1 aromatic heterocycles. The third-order valence-electron chi connectivity index (χ3n) is 5.60. The molecule has 0 aliphatic heterocycles. The van der Waals surface area contributed by atoms with Gasteiger partial charge in [-0.2, -0.15) is 13.2 Å². The van der Waals surface area contributed by atoms with Crippen molar-refractivity contribution in [2.75, 3.05) is 0 Å². The minimum absolute atomic E-state index is 0.633. The number of aromatic nitrogens is 2. The Labute approximate surface area is 193 Å². The summed E-state index contributed by atoms with van der Waals surface area (Å²) >= 11 is 6.04. The van der Waals surface area contributed by atoms with Crippen molar-refractivity contribution in [3.63, 3.8) is 0 Å². The quantitative estimate of drug-likeness (QED) is 0.264. The molecule has 164 valence electrons. The Kier molecular flexibility index (Phi) is 5.43. The van der Waals surface area contributed by atoms with Crippen molar-refractivity contribution in [1.82, 2.24) is 9.55 Å². The lowest BCUT2D eigenvalue weighted by Crippen LogP contribution is -2.04. The van der Waals surface area contributed by atoms with Gasteiger partial charge in [0.2, 0.25) is 0 Å². The van der Waals surface area contributed by atoms with Crippen LogP contribution >= 0.6 is 11.6 Å². The van der Waals surface area contributed by atoms with Crippen molar-refractivity contribution in [2.24, 2.45) is 0 Å². The molecule has 0 aliphatic carbocycles. The van der Waals surface area contributed by atoms with Crippen LogP contribution in [0.4, 0.5) is 13.2 Å². The van der Waals surface area contributed by atoms with E-state index in [0.717, 1.165) is 51.2 Å². The first-order chi connectivity index (χ1) is 15.9. The number of hydrogen-bond donors (Lipinski definition) is 0. The van der Waals surface area contributed by atoms with Crippen LogP contribution in [0, 0.1) is 0 Å². The second-order valence-electron chi connectivity index (χ2n) is 7.79. The Morgan fingerprint density at radius 3 is 1.91 bits per heavy atom. The van der Waals surface area contributed by atoms with E-state index >= 15 is 0 Å². The first-order valence-corrected chi connectivity index (χ1v) is 10.7. The van der Waals surface area contributed by atoms with Gasteiger partial charge in [0, 0.05) is 17.1 Å². The summed E-state index contributed by atoms with van der Waals surface area (Å²) in [5.74, 6) is 0.824. The standard InChI is InChI=1S/C27H18ClF3N2/c28-23-15-5-18(6-16-23)17-33-25-4-2-1-3-24(25)32-26(33)21-9-7-19(8-10-21)20-11-13-22(14-12-20)27(29,30)31/h1-16H,17H2. The van der Waals surface area contributed by atoms with Crippen LogP contribution in [0.15, 0.2) is 97.1 Å². The van der Waals surface area contributed by atoms with Crippen LogP contribution in [-0.4, -0.2) is 9.55 Å². The fourth-order valence-electron chi connectivity index (χ4n) is 3.89. The molecular formula is C27H18ClF3N2. The number of alkyl halides is 3. The highest BCUT2D eigenvalue weighted by Crippen LogP contribution is 2.32. The highest BCUT2D eigenvalue weighted by Gasteiger charge is 2.29. The number of para-hydroxylation sites is 2. The molecule has 0 saturated carbocycles. The van der Waals surface area contributed by atoms with Crippen LogP contribution in [0.3, 0.4) is 0 Å². The maximum atomic E-state index is 12.8. The molecule has 4 aromatic carbocycles. The first-order valence-electron chi connectivity index (χ1n) is 10.4. The number of imidazole rings is 1. The van der Waals surface area contributed by atoms with Gasteiger partial charge < -0.3 is 4.57 Å². The monoisotopic (exact) mass is 462 g/mol. The summed E-state index contributed by atoms with van der Waals surface area (Å²) < 4.78 is 40.7. The molecule has 0 atom stereocenters. The van der Waals surface area contributed by atoms with Crippen molar-refractivity contribution in [1.29, 1.82) is 0 Å². The molecule has 0 fully saturated rings. The maximum Gasteiger partial charge on any atom is 0.416 e. The second-order valence-corrected chi connectivity index (χ2v) is 8.23. The molecule has 0 spiro atoms. The van der Waals surface area contributed by atoms with Crippen LogP contribution in [-0.2, 0) is 12.7 Å². The van der Waals surface area contributed by atoms with Gasteiger partial charge in [-0.3, -0.25) is 0 Å². The van der Waals surface area contributed by atoms with Gasteiger partial charge in [0.15, 0.2) is 0 Å². The number of nitrogens with zero attached hydrogens (tertiary/aromatic N) is 2. The molecule has 0 amide bonds. The zero-order chi connectivity index (χ0) is 23.0. The first kappa shape index (κ1) is 21.3. The molecule has 0 radical (unpaired) electrons. The largest absolute Gasteiger partial charge is 0.416 e. The third-order valence-corrected chi connectivity index (χ3v) is 5.85. The fraction of sp³-hybridized carbons (Fsp3) is 0.0741. The highest BCUT2D eigenvalue weighted by atomic mass is 35.5. The predicted octanol–water partition coefficient (Wildman–Crippen LogP) is 8.09. The molecule has 5 rings (SSSR count). The van der Waals surface area contributed by atoms with Gasteiger partial charge in [0.1, 0.15) is 5.82 Å². The molecule has 2 nitrogen and oxygen atoms in total. The summed E-state index contributed by atoms with van der Waals surface area (Å²) in [4.78, 5) is 4.85. The van der Waals surface area contributed by atoms with Crippen LogP contribution in [0.5, 0.6) is 0 Å². The molecular weight excluding hydrogens is 445 g/mol. The van der Waals surface area contributed by atoms with E-state index < -0.39 is 11.7 Å². The Morgan fingerprint density at radius 1 is 0.697 bits per heavy atom. The topological polar surface area (TPSA) is 17.8 Å². The average Bonchev–Trinajstić information content (AvgIpc) is 3.18. The van der Waals surface area contributed by atoms with E-state index in [2.05, 4.69) is 4.57 Å². The zero-order valence-corrected chi connectivity index (χ0v) is 18.1. The van der Waals surface area contributed by atoms with E-state index in [9.17, 15) is 13.2 Å². The summed E-state index contributed by atoms with van der Waals surface area (Å²) in [6, 6.07) is 28.6. The normalized spacial score (nSPS) is 11.8. The summed E-state index contributed by atoms with van der Waals surface area (Å²) in [5, 5.41) is 0.688. The number of benzene rings is 4. The Morgan fingerprint density at radius 2 is 1.27 bits per heavy atom. The van der Waals surface area contributed by atoms with Crippen LogP contribution in [0.25, 0.3) is 33.5 Å². The number of hydrogen-bond acceptors (Lipinski definition) is 1.